The van der Waals surface area contributed by atoms with Crippen LogP contribution in [-0.2, 0) is 0 Å². The number of nitrogens with zero attached hydrogens (tertiary/aromatic N) is 1. The summed E-state index contributed by atoms with van der Waals surface area (Å²) in [5.74, 6) is -0.653. The molecule has 3 atom stereocenters. The number of carbonyl (C=O) groups is 1. The summed E-state index contributed by atoms with van der Waals surface area (Å²) < 4.78 is 16.4. The lowest BCUT2D eigenvalue weighted by atomic mass is 9.87. The van der Waals surface area contributed by atoms with Crippen molar-refractivity contribution >= 4 is 11.5 Å². The van der Waals surface area contributed by atoms with E-state index in [1.165, 1.54) is 16.7 Å². The molecule has 0 aromatic carbocycles. The van der Waals surface area contributed by atoms with Gasteiger partial charge in [0.1, 0.15) is 11.4 Å². The number of hydrogen-bond acceptors (Lipinski definition) is 4. The minimum absolute atomic E-state index is 0.0868. The van der Waals surface area contributed by atoms with Gasteiger partial charge in [-0.25, -0.2) is 9.18 Å². The molecule has 1 saturated carbocycles. The molecule has 0 spiro atoms. The monoisotopic (exact) mass is 371 g/mol. The quantitative estimate of drug-likeness (QED) is 0.766. The lowest BCUT2D eigenvalue weighted by molar-refractivity contribution is 0.0694. The Labute approximate surface area is 155 Å². The highest BCUT2D eigenvalue weighted by Gasteiger charge is 2.42. The summed E-state index contributed by atoms with van der Waals surface area (Å²) in [6.45, 7) is 4.51. The van der Waals surface area contributed by atoms with Crippen LogP contribution in [0.4, 0.5) is 4.39 Å². The average Bonchev–Trinajstić information content (AvgIpc) is 3.23. The van der Waals surface area contributed by atoms with Crippen LogP contribution in [-0.4, -0.2) is 35.1 Å². The van der Waals surface area contributed by atoms with E-state index < -0.39 is 17.3 Å². The highest BCUT2D eigenvalue weighted by Crippen LogP contribution is 2.44. The van der Waals surface area contributed by atoms with Crippen LogP contribution in [0.2, 0.25) is 0 Å². The summed E-state index contributed by atoms with van der Waals surface area (Å²) >= 11 is 0. The highest BCUT2D eigenvalue weighted by atomic mass is 19.1. The fourth-order valence-corrected chi connectivity index (χ4v) is 5.02. The van der Waals surface area contributed by atoms with Crippen molar-refractivity contribution in [3.8, 4) is 0 Å². The molecule has 0 amide bonds. The van der Waals surface area contributed by atoms with Crippen molar-refractivity contribution in [3.63, 3.8) is 0 Å². The number of aryl methyl sites for hydroxylation is 1. The predicted octanol–water partition coefficient (Wildman–Crippen LogP) is 1.80. The van der Waals surface area contributed by atoms with Crippen LogP contribution >= 0.6 is 0 Å². The molecule has 2 saturated heterocycles. The lowest BCUT2D eigenvalue weighted by Crippen LogP contribution is -2.28. The molecule has 6 nitrogen and oxygen atoms in total. The van der Waals surface area contributed by atoms with E-state index in [-0.39, 0.29) is 17.5 Å². The second-order valence-electron chi connectivity index (χ2n) is 8.10. The maximum absolute atomic E-state index is 15.2. The Morgan fingerprint density at radius 1 is 1.30 bits per heavy atom. The third kappa shape index (κ3) is 2.45. The van der Waals surface area contributed by atoms with Crippen molar-refractivity contribution in [1.82, 2.24) is 15.0 Å². The smallest absolute Gasteiger partial charge is 0.341 e. The molecule has 7 heteroatoms. The van der Waals surface area contributed by atoms with E-state index in [1.807, 2.05) is 6.92 Å². The Balaban J connectivity index is 1.77. The van der Waals surface area contributed by atoms with Crippen LogP contribution in [0.25, 0.3) is 5.52 Å². The van der Waals surface area contributed by atoms with Crippen LogP contribution in [0.1, 0.15) is 51.8 Å². The minimum atomic E-state index is -1.27. The Bertz CT molecular complexity index is 1030. The number of nitrogens with one attached hydrogen (secondary N) is 2. The molecule has 0 bridgehead atoms. The van der Waals surface area contributed by atoms with Gasteiger partial charge in [-0.15, -0.1) is 0 Å². The molecule has 3 aliphatic rings. The number of pyridine rings is 2. The van der Waals surface area contributed by atoms with Gasteiger partial charge in [0.15, 0.2) is 0 Å². The Kier molecular flexibility index (Phi) is 3.67. The molecule has 2 aliphatic heterocycles. The van der Waals surface area contributed by atoms with Gasteiger partial charge in [-0.05, 0) is 61.3 Å². The molecule has 5 rings (SSSR count). The number of carboxylic acid groups (broad SMARTS) is 1. The van der Waals surface area contributed by atoms with E-state index in [9.17, 15) is 14.7 Å². The van der Waals surface area contributed by atoms with E-state index in [2.05, 4.69) is 10.6 Å². The van der Waals surface area contributed by atoms with Gasteiger partial charge < -0.3 is 15.7 Å². The van der Waals surface area contributed by atoms with Crippen molar-refractivity contribution in [2.45, 2.75) is 31.7 Å². The Morgan fingerprint density at radius 3 is 2.78 bits per heavy atom. The molecule has 1 aliphatic carbocycles. The second kappa shape index (κ2) is 5.87. The summed E-state index contributed by atoms with van der Waals surface area (Å²) in [5, 5.41) is 16.3. The van der Waals surface area contributed by atoms with Crippen LogP contribution in [0.15, 0.2) is 17.1 Å². The maximum atomic E-state index is 15.2. The van der Waals surface area contributed by atoms with Crippen LogP contribution < -0.4 is 16.2 Å². The topological polar surface area (TPSA) is 82.8 Å². The standard InChI is InChI=1S/C20H22FN3O3/c1-9-16(17-14-7-22-5-11(14)6-23-17)15(21)8-24-18(9)12(10-2-3-10)4-13(19(24)25)20(26)27/h4,8,10-11,14,17,22-23H,2-3,5-7H2,1H3,(H,26,27). The number of aromatic nitrogens is 1. The zero-order chi connectivity index (χ0) is 18.9. The fourth-order valence-electron chi connectivity index (χ4n) is 5.02. The van der Waals surface area contributed by atoms with Gasteiger partial charge in [0.2, 0.25) is 0 Å². The largest absolute Gasteiger partial charge is 0.477 e. The lowest BCUT2D eigenvalue weighted by Gasteiger charge is -2.23. The van der Waals surface area contributed by atoms with Gasteiger partial charge in [0.05, 0.1) is 5.52 Å². The summed E-state index contributed by atoms with van der Waals surface area (Å²) in [7, 11) is 0. The highest BCUT2D eigenvalue weighted by molar-refractivity contribution is 5.88. The molecule has 3 fully saturated rings. The Morgan fingerprint density at radius 2 is 2.07 bits per heavy atom. The maximum Gasteiger partial charge on any atom is 0.341 e. The molecule has 142 valence electrons. The number of fused-ring (bicyclic) bond motifs is 2. The number of rotatable bonds is 3. The number of hydrogen-bond donors (Lipinski definition) is 3. The number of carboxylic acids is 1. The third-order valence-corrected chi connectivity index (χ3v) is 6.50. The summed E-state index contributed by atoms with van der Waals surface area (Å²) in [6, 6.07) is 1.42. The molecular weight excluding hydrogens is 349 g/mol. The first-order valence-corrected chi connectivity index (χ1v) is 9.53. The van der Waals surface area contributed by atoms with Crippen molar-refractivity contribution in [2.75, 3.05) is 19.6 Å². The third-order valence-electron chi connectivity index (χ3n) is 6.50. The van der Waals surface area contributed by atoms with Crippen LogP contribution in [0, 0.1) is 24.6 Å². The minimum Gasteiger partial charge on any atom is -0.477 e. The first-order chi connectivity index (χ1) is 13.0. The van der Waals surface area contributed by atoms with Gasteiger partial charge in [0.25, 0.3) is 5.56 Å². The molecular formula is C20H22FN3O3. The normalized spacial score (nSPS) is 27.3. The van der Waals surface area contributed by atoms with Crippen molar-refractivity contribution in [3.05, 3.63) is 50.7 Å². The molecule has 3 unspecified atom stereocenters. The van der Waals surface area contributed by atoms with Crippen molar-refractivity contribution < 1.29 is 14.3 Å². The van der Waals surface area contributed by atoms with E-state index in [1.54, 1.807) is 0 Å². The van der Waals surface area contributed by atoms with E-state index in [0.29, 0.717) is 22.9 Å². The van der Waals surface area contributed by atoms with Gasteiger partial charge in [-0.3, -0.25) is 9.20 Å². The zero-order valence-electron chi connectivity index (χ0n) is 15.1. The summed E-state index contributed by atoms with van der Waals surface area (Å²) in [6.07, 6.45) is 3.13. The van der Waals surface area contributed by atoms with Crippen LogP contribution in [0.5, 0.6) is 0 Å². The van der Waals surface area contributed by atoms with E-state index in [0.717, 1.165) is 43.6 Å². The van der Waals surface area contributed by atoms with E-state index in [4.69, 9.17) is 0 Å². The van der Waals surface area contributed by atoms with Gasteiger partial charge in [0, 0.05) is 30.9 Å². The predicted molar refractivity (Wildman–Crippen MR) is 97.9 cm³/mol. The number of halogens is 1. The SMILES string of the molecule is Cc1c(C2NCC3CNCC32)c(F)cn2c(=O)c(C(=O)O)cc(C3CC3)c12. The molecule has 27 heavy (non-hydrogen) atoms. The van der Waals surface area contributed by atoms with Crippen molar-refractivity contribution in [2.24, 2.45) is 11.8 Å². The molecule has 3 N–H and O–H groups in total. The zero-order valence-corrected chi connectivity index (χ0v) is 15.1. The Hall–Kier alpha value is -2.25. The summed E-state index contributed by atoms with van der Waals surface area (Å²) in [4.78, 5) is 24.2. The van der Waals surface area contributed by atoms with Crippen molar-refractivity contribution in [1.29, 1.82) is 0 Å². The second-order valence-corrected chi connectivity index (χ2v) is 8.10. The van der Waals surface area contributed by atoms with E-state index >= 15 is 4.39 Å². The van der Waals surface area contributed by atoms with Gasteiger partial charge in [-0.1, -0.05) is 0 Å². The number of aromatic carboxylic acids is 1. The molecule has 2 aromatic heterocycles. The summed E-state index contributed by atoms with van der Waals surface area (Å²) in [5.41, 5.74) is 1.94. The van der Waals surface area contributed by atoms with Crippen LogP contribution in [0.3, 0.4) is 0 Å². The average molecular weight is 371 g/mol. The first kappa shape index (κ1) is 16.9. The molecule has 4 heterocycles. The van der Waals surface area contributed by atoms with Gasteiger partial charge in [-0.2, -0.15) is 0 Å². The molecule has 0 radical (unpaired) electrons. The fraction of sp³-hybridized carbons (Fsp3) is 0.500. The first-order valence-electron chi connectivity index (χ1n) is 9.53. The van der Waals surface area contributed by atoms with Gasteiger partial charge >= 0.3 is 5.97 Å². The molecule has 2 aromatic rings.